The summed E-state index contributed by atoms with van der Waals surface area (Å²) in [7, 11) is 2.57. The summed E-state index contributed by atoms with van der Waals surface area (Å²) in [4.78, 5) is 22.5. The van der Waals surface area contributed by atoms with E-state index in [9.17, 15) is 14.3 Å². The Hall–Kier alpha value is -1.99. The third-order valence-corrected chi connectivity index (χ3v) is 3.00. The molecular weight excluding hydrogens is 269 g/mol. The fraction of sp³-hybridized carbons (Fsp3) is 0.667. The summed E-state index contributed by atoms with van der Waals surface area (Å²) in [6.45, 7) is 3.34. The van der Waals surface area contributed by atoms with Crippen LogP contribution in [0.15, 0.2) is 0 Å². The van der Waals surface area contributed by atoms with Gasteiger partial charge in [-0.3, -0.25) is 0 Å². The van der Waals surface area contributed by atoms with E-state index in [1.807, 2.05) is 6.92 Å². The van der Waals surface area contributed by atoms with Gasteiger partial charge >= 0.3 is 18.0 Å². The third kappa shape index (κ3) is 2.94. The quantitative estimate of drug-likeness (QED) is 0.813. The van der Waals surface area contributed by atoms with Crippen LogP contribution in [0.25, 0.3) is 0 Å². The fourth-order valence-corrected chi connectivity index (χ4v) is 1.84. The van der Waals surface area contributed by atoms with E-state index >= 15 is 0 Å². The average Bonchev–Trinajstić information content (AvgIpc) is 2.45. The normalized spacial score (nSPS) is 15.2. The maximum Gasteiger partial charge on any atom is 0.349 e. The summed E-state index contributed by atoms with van der Waals surface area (Å²) < 4.78 is 24.6. The van der Waals surface area contributed by atoms with Crippen LogP contribution in [-0.4, -0.2) is 40.2 Å². The molecule has 0 aliphatic rings. The maximum atomic E-state index is 15.0. The number of halogens is 1. The Kier molecular flexibility index (Phi) is 5.18. The number of ether oxygens (including phenoxy) is 2. The van der Waals surface area contributed by atoms with E-state index in [4.69, 9.17) is 9.47 Å². The van der Waals surface area contributed by atoms with Crippen molar-refractivity contribution < 1.29 is 23.8 Å². The van der Waals surface area contributed by atoms with Crippen LogP contribution in [0.1, 0.15) is 32.5 Å². The molecule has 0 amide bonds. The van der Waals surface area contributed by atoms with E-state index in [1.165, 1.54) is 21.1 Å². The lowest BCUT2D eigenvalue weighted by Gasteiger charge is -2.25. The van der Waals surface area contributed by atoms with E-state index < -0.39 is 23.4 Å². The molecule has 2 unspecified atom stereocenters. The molecular formula is C12H18FN3O4. The minimum Gasteiger partial charge on any atom is -0.479 e. The van der Waals surface area contributed by atoms with Crippen LogP contribution in [-0.2, 0) is 10.5 Å². The molecule has 1 N–H and O–H groups in total. The van der Waals surface area contributed by atoms with Crippen LogP contribution in [0.5, 0.6) is 12.0 Å². The molecule has 1 rings (SSSR count). The lowest BCUT2D eigenvalue weighted by Crippen LogP contribution is -2.39. The second kappa shape index (κ2) is 6.44. The number of aromatic nitrogens is 3. The Morgan fingerprint density at radius 1 is 1.30 bits per heavy atom. The van der Waals surface area contributed by atoms with E-state index in [1.54, 1.807) is 0 Å². The van der Waals surface area contributed by atoms with Crippen molar-refractivity contribution in [2.45, 2.75) is 32.4 Å². The number of rotatable bonds is 7. The number of carboxylic acid groups (broad SMARTS) is 1. The van der Waals surface area contributed by atoms with Crippen LogP contribution in [0.4, 0.5) is 4.39 Å². The number of hydrogen-bond acceptors (Lipinski definition) is 6. The van der Waals surface area contributed by atoms with Gasteiger partial charge in [0, 0.05) is 5.92 Å². The number of carbonyl (C=O) groups is 1. The van der Waals surface area contributed by atoms with E-state index in [0.717, 1.165) is 0 Å². The third-order valence-electron chi connectivity index (χ3n) is 3.00. The van der Waals surface area contributed by atoms with Gasteiger partial charge in [-0.2, -0.15) is 9.97 Å². The first kappa shape index (κ1) is 16.1. The summed E-state index contributed by atoms with van der Waals surface area (Å²) in [6.07, 6.45) is 1.01. The van der Waals surface area contributed by atoms with Crippen LogP contribution >= 0.6 is 0 Å². The van der Waals surface area contributed by atoms with Crippen LogP contribution in [0, 0.1) is 5.92 Å². The summed E-state index contributed by atoms with van der Waals surface area (Å²) in [5.41, 5.74) is -2.72. The van der Waals surface area contributed by atoms with Crippen molar-refractivity contribution in [1.82, 2.24) is 15.0 Å². The van der Waals surface area contributed by atoms with Crippen molar-refractivity contribution in [3.63, 3.8) is 0 Å². The molecule has 1 aromatic heterocycles. The first-order valence-electron chi connectivity index (χ1n) is 6.16. The Morgan fingerprint density at radius 3 is 2.15 bits per heavy atom. The summed E-state index contributed by atoms with van der Waals surface area (Å²) in [6, 6.07) is -0.391. The van der Waals surface area contributed by atoms with Gasteiger partial charge in [-0.15, -0.1) is 4.98 Å². The van der Waals surface area contributed by atoms with Gasteiger partial charge in [0.15, 0.2) is 5.82 Å². The van der Waals surface area contributed by atoms with Gasteiger partial charge in [0.25, 0.3) is 5.67 Å². The molecule has 8 heteroatoms. The minimum absolute atomic E-state index is 0.196. The molecule has 0 saturated heterocycles. The molecule has 1 aromatic rings. The van der Waals surface area contributed by atoms with Crippen LogP contribution < -0.4 is 9.47 Å². The Morgan fingerprint density at radius 2 is 1.80 bits per heavy atom. The van der Waals surface area contributed by atoms with Gasteiger partial charge in [0.1, 0.15) is 0 Å². The zero-order valence-corrected chi connectivity index (χ0v) is 11.9. The van der Waals surface area contributed by atoms with E-state index in [2.05, 4.69) is 15.0 Å². The molecule has 0 saturated carbocycles. The van der Waals surface area contributed by atoms with Crippen molar-refractivity contribution in [3.8, 4) is 12.0 Å². The topological polar surface area (TPSA) is 94.4 Å². The second-order valence-corrected chi connectivity index (χ2v) is 4.34. The number of aliphatic carboxylic acids is 1. The highest BCUT2D eigenvalue weighted by Crippen LogP contribution is 2.36. The standard InChI is InChI=1S/C12H18FN3O4/c1-5-6-7(2)12(13,9(17)18)8-14-10(19-3)16-11(15-8)20-4/h7H,5-6H2,1-4H3,(H,17,18). The fourth-order valence-electron chi connectivity index (χ4n) is 1.84. The van der Waals surface area contributed by atoms with Crippen molar-refractivity contribution >= 4 is 5.97 Å². The van der Waals surface area contributed by atoms with Gasteiger partial charge in [-0.25, -0.2) is 9.18 Å². The van der Waals surface area contributed by atoms with Crippen molar-refractivity contribution in [3.05, 3.63) is 5.82 Å². The Labute approximate surface area is 116 Å². The maximum absolute atomic E-state index is 15.0. The van der Waals surface area contributed by atoms with Crippen molar-refractivity contribution in [2.75, 3.05) is 14.2 Å². The highest BCUT2D eigenvalue weighted by Gasteiger charge is 2.49. The first-order chi connectivity index (χ1) is 9.39. The van der Waals surface area contributed by atoms with E-state index in [-0.39, 0.29) is 12.0 Å². The van der Waals surface area contributed by atoms with Gasteiger partial charge in [0.2, 0.25) is 0 Å². The second-order valence-electron chi connectivity index (χ2n) is 4.34. The molecule has 0 spiro atoms. The predicted octanol–water partition coefficient (Wildman–Crippen LogP) is 1.57. The molecule has 112 valence electrons. The summed E-state index contributed by atoms with van der Waals surface area (Å²) in [5.74, 6) is -2.97. The Bertz CT molecular complexity index is 464. The lowest BCUT2D eigenvalue weighted by atomic mass is 9.86. The summed E-state index contributed by atoms with van der Waals surface area (Å²) >= 11 is 0. The molecule has 20 heavy (non-hydrogen) atoms. The Balaban J connectivity index is 3.37. The molecule has 0 fully saturated rings. The van der Waals surface area contributed by atoms with Gasteiger partial charge in [-0.1, -0.05) is 20.3 Å². The molecule has 0 radical (unpaired) electrons. The number of alkyl halides is 1. The average molecular weight is 287 g/mol. The van der Waals surface area contributed by atoms with Crippen LogP contribution in [0.3, 0.4) is 0 Å². The highest BCUT2D eigenvalue weighted by atomic mass is 19.1. The van der Waals surface area contributed by atoms with Gasteiger partial charge in [0.05, 0.1) is 14.2 Å². The zero-order valence-electron chi connectivity index (χ0n) is 11.9. The molecule has 1 heterocycles. The molecule has 0 bridgehead atoms. The minimum atomic E-state index is -2.72. The van der Waals surface area contributed by atoms with E-state index in [0.29, 0.717) is 12.8 Å². The smallest absolute Gasteiger partial charge is 0.349 e. The molecule has 0 aromatic carbocycles. The largest absolute Gasteiger partial charge is 0.479 e. The lowest BCUT2D eigenvalue weighted by molar-refractivity contribution is -0.156. The zero-order chi connectivity index (χ0) is 15.3. The van der Waals surface area contributed by atoms with Crippen LogP contribution in [0.2, 0.25) is 0 Å². The molecule has 2 atom stereocenters. The highest BCUT2D eigenvalue weighted by molar-refractivity contribution is 5.78. The van der Waals surface area contributed by atoms with Crippen molar-refractivity contribution in [1.29, 1.82) is 0 Å². The first-order valence-corrected chi connectivity index (χ1v) is 6.16. The molecule has 0 aliphatic carbocycles. The monoisotopic (exact) mass is 287 g/mol. The number of nitrogens with zero attached hydrogens (tertiary/aromatic N) is 3. The number of carboxylic acids is 1. The number of hydrogen-bond donors (Lipinski definition) is 1. The van der Waals surface area contributed by atoms with Gasteiger partial charge < -0.3 is 14.6 Å². The molecule has 7 nitrogen and oxygen atoms in total. The summed E-state index contributed by atoms with van der Waals surface area (Å²) in [5, 5.41) is 9.25. The van der Waals surface area contributed by atoms with Crippen molar-refractivity contribution in [2.24, 2.45) is 5.92 Å². The molecule has 0 aliphatic heterocycles. The number of methoxy groups -OCH3 is 2. The SMILES string of the molecule is CCCC(C)C(F)(C(=O)O)c1nc(OC)nc(OC)n1. The van der Waals surface area contributed by atoms with Gasteiger partial charge in [-0.05, 0) is 6.42 Å². The predicted molar refractivity (Wildman–Crippen MR) is 67.4 cm³/mol.